The minimum atomic E-state index is 0.495. The van der Waals surface area contributed by atoms with Gasteiger partial charge in [0.2, 0.25) is 0 Å². The number of hydrogen-bond donors (Lipinski definition) is 0. The van der Waals surface area contributed by atoms with Crippen LogP contribution in [0.2, 0.25) is 0 Å². The van der Waals surface area contributed by atoms with Gasteiger partial charge in [-0.3, -0.25) is 0 Å². The number of rotatable bonds is 1. The molecule has 0 spiro atoms. The van der Waals surface area contributed by atoms with E-state index < -0.39 is 0 Å². The highest BCUT2D eigenvalue weighted by molar-refractivity contribution is 7.89. The zero-order valence-electron chi connectivity index (χ0n) is 8.92. The Balaban J connectivity index is 2.11. The van der Waals surface area contributed by atoms with Crippen molar-refractivity contribution in [2.45, 2.75) is 57.3 Å². The maximum Gasteiger partial charge on any atom is 0.0397 e. The molecule has 14 heavy (non-hydrogen) atoms. The monoisotopic (exact) mass is 227 g/mol. The molecule has 0 amide bonds. The van der Waals surface area contributed by atoms with Gasteiger partial charge < -0.3 is 0 Å². The highest BCUT2D eigenvalue weighted by Crippen LogP contribution is 2.42. The van der Waals surface area contributed by atoms with Crippen molar-refractivity contribution >= 4 is 15.9 Å². The molecule has 1 aliphatic rings. The summed E-state index contributed by atoms with van der Waals surface area (Å²) in [4.78, 5) is 0. The lowest BCUT2D eigenvalue weighted by Gasteiger charge is -2.30. The minimum absolute atomic E-state index is 0.495. The Kier molecular flexibility index (Phi) is 3.63. The lowest BCUT2D eigenvalue weighted by molar-refractivity contribution is 0.346. The van der Waals surface area contributed by atoms with Crippen LogP contribution in [0.1, 0.15) is 57.2 Å². The highest BCUT2D eigenvalue weighted by atomic mass is 31.8. The van der Waals surface area contributed by atoms with E-state index in [0.29, 0.717) is 5.41 Å². The van der Waals surface area contributed by atoms with Crippen LogP contribution in [0, 0.1) is 0 Å². The molecule has 1 unspecified atom stereocenters. The van der Waals surface area contributed by atoms with Crippen LogP contribution in [0.15, 0.2) is 6.20 Å². The van der Waals surface area contributed by atoms with E-state index in [2.05, 4.69) is 17.9 Å². The van der Waals surface area contributed by atoms with Gasteiger partial charge in [0.1, 0.15) is 0 Å². The standard InChI is InChI=1S/C11H19NP2/c1-11(10-9-12-14-13-10)7-5-3-2-4-6-8-11/h9,14H,2-8H2,1H3. The van der Waals surface area contributed by atoms with Crippen molar-refractivity contribution in [3.8, 4) is 0 Å². The first-order chi connectivity index (χ1) is 6.81. The van der Waals surface area contributed by atoms with Crippen LogP contribution < -0.4 is 0 Å². The predicted molar refractivity (Wildman–Crippen MR) is 65.9 cm³/mol. The zero-order valence-corrected chi connectivity index (χ0v) is 10.8. The fourth-order valence-corrected chi connectivity index (χ4v) is 5.16. The van der Waals surface area contributed by atoms with E-state index >= 15 is 0 Å². The summed E-state index contributed by atoms with van der Waals surface area (Å²) < 4.78 is 4.39. The van der Waals surface area contributed by atoms with Crippen molar-refractivity contribution in [1.82, 2.24) is 4.75 Å². The van der Waals surface area contributed by atoms with Gasteiger partial charge >= 0.3 is 0 Å². The maximum absolute atomic E-state index is 4.39. The van der Waals surface area contributed by atoms with Crippen molar-refractivity contribution in [1.29, 1.82) is 0 Å². The van der Waals surface area contributed by atoms with Crippen LogP contribution in [0.25, 0.3) is 0 Å². The second-order valence-corrected chi connectivity index (χ2v) is 7.12. The summed E-state index contributed by atoms with van der Waals surface area (Å²) >= 11 is 0. The van der Waals surface area contributed by atoms with Crippen LogP contribution in [-0.4, -0.2) is 4.75 Å². The van der Waals surface area contributed by atoms with Crippen LogP contribution in [0.5, 0.6) is 0 Å². The summed E-state index contributed by atoms with van der Waals surface area (Å²) in [7, 11) is 2.30. The summed E-state index contributed by atoms with van der Waals surface area (Å²) in [6.07, 6.45) is 12.1. The van der Waals surface area contributed by atoms with Gasteiger partial charge in [-0.25, -0.2) is 4.75 Å². The van der Waals surface area contributed by atoms with Crippen molar-refractivity contribution in [2.75, 3.05) is 0 Å². The molecule has 1 aromatic rings. The average Bonchev–Trinajstić information content (AvgIpc) is 2.65. The maximum atomic E-state index is 4.39. The molecule has 0 bridgehead atoms. The van der Waals surface area contributed by atoms with E-state index in [9.17, 15) is 0 Å². The fraction of sp³-hybridized carbons (Fsp3) is 0.818. The molecular formula is C11H19NP2. The normalized spacial score (nSPS) is 23.8. The number of nitrogens with zero attached hydrogens (tertiary/aromatic N) is 1. The van der Waals surface area contributed by atoms with E-state index in [0.717, 1.165) is 8.03 Å². The molecule has 1 heterocycles. The van der Waals surface area contributed by atoms with E-state index in [1.807, 2.05) is 0 Å². The van der Waals surface area contributed by atoms with E-state index in [-0.39, 0.29) is 0 Å². The molecule has 1 fully saturated rings. The Labute approximate surface area is 89.9 Å². The van der Waals surface area contributed by atoms with Gasteiger partial charge in [-0.2, -0.15) is 0 Å². The first kappa shape index (κ1) is 10.7. The number of hydrogen-bond acceptors (Lipinski definition) is 1. The third-order valence-electron chi connectivity index (χ3n) is 3.49. The molecule has 1 nitrogen and oxygen atoms in total. The summed E-state index contributed by atoms with van der Waals surface area (Å²) in [5.41, 5.74) is 0.495. The van der Waals surface area contributed by atoms with Crippen molar-refractivity contribution < 1.29 is 0 Å². The first-order valence-electron chi connectivity index (χ1n) is 5.67. The van der Waals surface area contributed by atoms with Crippen molar-refractivity contribution in [3.05, 3.63) is 11.5 Å². The molecule has 0 aromatic carbocycles. The highest BCUT2D eigenvalue weighted by Gasteiger charge is 2.27. The molecule has 78 valence electrons. The van der Waals surface area contributed by atoms with Crippen LogP contribution in [-0.2, 0) is 5.41 Å². The summed E-state index contributed by atoms with van der Waals surface area (Å²) in [5.74, 6) is 0. The lowest BCUT2D eigenvalue weighted by atomic mass is 9.77. The van der Waals surface area contributed by atoms with Gasteiger partial charge in [0.25, 0.3) is 0 Å². The molecule has 1 aromatic heterocycles. The second kappa shape index (κ2) is 4.77. The second-order valence-electron chi connectivity index (χ2n) is 4.68. The summed E-state index contributed by atoms with van der Waals surface area (Å²) in [6.45, 7) is 2.46. The smallest absolute Gasteiger partial charge is 0.0397 e. The van der Waals surface area contributed by atoms with E-state index in [1.54, 1.807) is 5.30 Å². The first-order valence-corrected chi connectivity index (χ1v) is 8.36. The van der Waals surface area contributed by atoms with E-state index in [1.165, 1.54) is 52.8 Å². The molecule has 1 aliphatic carbocycles. The predicted octanol–water partition coefficient (Wildman–Crippen LogP) is 4.70. The topological polar surface area (TPSA) is 12.9 Å². The molecule has 0 aliphatic heterocycles. The lowest BCUT2D eigenvalue weighted by Crippen LogP contribution is -2.21. The van der Waals surface area contributed by atoms with Gasteiger partial charge in [-0.15, -0.1) is 0 Å². The molecule has 0 saturated heterocycles. The Morgan fingerprint density at radius 3 is 2.43 bits per heavy atom. The molecule has 0 radical (unpaired) electrons. The summed E-state index contributed by atoms with van der Waals surface area (Å²) in [6, 6.07) is 0. The van der Waals surface area contributed by atoms with Gasteiger partial charge in [-0.05, 0) is 34.2 Å². The SMILES string of the molecule is CC1(c2cn[pH]p2)CCCCCCC1. The molecule has 1 saturated carbocycles. The van der Waals surface area contributed by atoms with Gasteiger partial charge in [0, 0.05) is 11.5 Å². The Morgan fingerprint density at radius 1 is 1.21 bits per heavy atom. The molecular weight excluding hydrogens is 208 g/mol. The largest absolute Gasteiger partial charge is 0.244 e. The van der Waals surface area contributed by atoms with E-state index in [4.69, 9.17) is 0 Å². The minimum Gasteiger partial charge on any atom is -0.244 e. The summed E-state index contributed by atoms with van der Waals surface area (Å²) in [5, 5.41) is 1.62. The molecule has 2 rings (SSSR count). The molecule has 3 heteroatoms. The average molecular weight is 227 g/mol. The van der Waals surface area contributed by atoms with Crippen molar-refractivity contribution in [3.63, 3.8) is 0 Å². The quantitative estimate of drug-likeness (QED) is 0.677. The fourth-order valence-electron chi connectivity index (χ4n) is 2.43. The van der Waals surface area contributed by atoms with Crippen LogP contribution in [0.3, 0.4) is 0 Å². The van der Waals surface area contributed by atoms with Crippen LogP contribution >= 0.6 is 15.9 Å². The Morgan fingerprint density at radius 2 is 1.86 bits per heavy atom. The van der Waals surface area contributed by atoms with Crippen molar-refractivity contribution in [2.24, 2.45) is 0 Å². The zero-order chi connectivity index (χ0) is 9.86. The third-order valence-corrected chi connectivity index (χ3v) is 6.10. The van der Waals surface area contributed by atoms with Gasteiger partial charge in [0.05, 0.1) is 0 Å². The molecule has 1 atom stereocenters. The third kappa shape index (κ3) is 2.38. The Hall–Kier alpha value is 0.140. The molecule has 0 N–H and O–H groups in total. The van der Waals surface area contributed by atoms with Crippen LogP contribution in [0.4, 0.5) is 0 Å². The van der Waals surface area contributed by atoms with Gasteiger partial charge in [-0.1, -0.05) is 39.0 Å². The Bertz CT molecular complexity index is 261. The number of aromatic nitrogens is 1. The van der Waals surface area contributed by atoms with Gasteiger partial charge in [0.15, 0.2) is 0 Å².